The van der Waals surface area contributed by atoms with E-state index in [1.807, 2.05) is 52.8 Å². The summed E-state index contributed by atoms with van der Waals surface area (Å²) in [5.41, 5.74) is 2.94. The number of halogens is 1. The lowest BCUT2D eigenvalue weighted by Crippen LogP contribution is -2.26. The first-order chi connectivity index (χ1) is 15.7. The average molecular weight is 446 g/mol. The first kappa shape index (κ1) is 20.5. The fourth-order valence-corrected chi connectivity index (χ4v) is 4.50. The molecule has 0 atom stereocenters. The van der Waals surface area contributed by atoms with Crippen LogP contribution in [0.2, 0.25) is 0 Å². The van der Waals surface area contributed by atoms with Crippen LogP contribution in [-0.2, 0) is 4.74 Å². The van der Waals surface area contributed by atoms with Crippen molar-refractivity contribution in [1.29, 1.82) is 0 Å². The van der Waals surface area contributed by atoms with Gasteiger partial charge in [-0.1, -0.05) is 36.4 Å². The molecule has 3 aromatic carbocycles. The van der Waals surface area contributed by atoms with Crippen molar-refractivity contribution in [2.75, 3.05) is 28.7 Å². The molecule has 7 heteroatoms. The molecule has 160 valence electrons. The molecule has 4 aromatic rings. The van der Waals surface area contributed by atoms with Gasteiger partial charge in [0.05, 0.1) is 23.6 Å². The first-order valence-electron chi connectivity index (χ1n) is 10.2. The van der Waals surface area contributed by atoms with Crippen LogP contribution in [-0.4, -0.2) is 30.0 Å². The number of carbonyl (C=O) groups excluding carboxylic acids is 1. The Bertz CT molecular complexity index is 1290. The lowest BCUT2D eigenvalue weighted by molar-refractivity contribution is 0.102. The SMILES string of the molecule is O=C(Nc1cccc(-c2nccc3ccccc23)c1)c1ccc(N2COCCS2)cc1F. The number of nitrogens with zero attached hydrogens (tertiary/aromatic N) is 2. The van der Waals surface area contributed by atoms with Crippen LogP contribution in [0.25, 0.3) is 22.0 Å². The number of anilines is 2. The van der Waals surface area contributed by atoms with Crippen LogP contribution in [0.1, 0.15) is 10.4 Å². The summed E-state index contributed by atoms with van der Waals surface area (Å²) in [6, 6.07) is 22.0. The second-order valence-electron chi connectivity index (χ2n) is 7.33. The van der Waals surface area contributed by atoms with Gasteiger partial charge in [0, 0.05) is 28.6 Å². The van der Waals surface area contributed by atoms with Gasteiger partial charge in [-0.15, -0.1) is 0 Å². The molecule has 0 aliphatic carbocycles. The second kappa shape index (κ2) is 8.98. The van der Waals surface area contributed by atoms with Crippen molar-refractivity contribution in [3.63, 3.8) is 0 Å². The van der Waals surface area contributed by atoms with E-state index in [0.717, 1.165) is 27.8 Å². The van der Waals surface area contributed by atoms with Gasteiger partial charge in [0.15, 0.2) is 0 Å². The largest absolute Gasteiger partial charge is 0.359 e. The van der Waals surface area contributed by atoms with E-state index in [-0.39, 0.29) is 5.56 Å². The number of pyridine rings is 1. The van der Waals surface area contributed by atoms with Gasteiger partial charge in [-0.3, -0.25) is 14.1 Å². The molecule has 5 nitrogen and oxygen atoms in total. The molecule has 0 unspecified atom stereocenters. The second-order valence-corrected chi connectivity index (χ2v) is 8.44. The van der Waals surface area contributed by atoms with Crippen LogP contribution in [0.15, 0.2) is 79.0 Å². The van der Waals surface area contributed by atoms with E-state index in [2.05, 4.69) is 10.3 Å². The molecule has 1 fully saturated rings. The van der Waals surface area contributed by atoms with Crippen LogP contribution < -0.4 is 9.62 Å². The zero-order valence-corrected chi connectivity index (χ0v) is 17.9. The summed E-state index contributed by atoms with van der Waals surface area (Å²) in [7, 11) is 0. The monoisotopic (exact) mass is 445 g/mol. The van der Waals surface area contributed by atoms with Crippen LogP contribution >= 0.6 is 11.9 Å². The highest BCUT2D eigenvalue weighted by atomic mass is 32.2. The van der Waals surface area contributed by atoms with Gasteiger partial charge < -0.3 is 10.1 Å². The fourth-order valence-electron chi connectivity index (χ4n) is 3.68. The number of hydrogen-bond donors (Lipinski definition) is 1. The molecular weight excluding hydrogens is 425 g/mol. The van der Waals surface area contributed by atoms with Gasteiger partial charge in [-0.05, 0) is 53.7 Å². The third-order valence-electron chi connectivity index (χ3n) is 5.24. The van der Waals surface area contributed by atoms with Crippen molar-refractivity contribution < 1.29 is 13.9 Å². The Morgan fingerprint density at radius 2 is 1.97 bits per heavy atom. The minimum Gasteiger partial charge on any atom is -0.359 e. The minimum atomic E-state index is -0.571. The standard InChI is InChI=1S/C25H20FN3O2S/c26-23-15-20(29-16-31-12-13-32-29)8-9-22(23)25(30)28-19-6-3-5-18(14-19)24-21-7-2-1-4-17(21)10-11-27-24/h1-11,14-15H,12-13,16H2,(H,28,30). The molecule has 1 saturated heterocycles. The molecular formula is C25H20FN3O2S. The summed E-state index contributed by atoms with van der Waals surface area (Å²) < 4.78 is 22.0. The van der Waals surface area contributed by atoms with Crippen LogP contribution in [0.3, 0.4) is 0 Å². The van der Waals surface area contributed by atoms with Crippen molar-refractivity contribution in [3.8, 4) is 11.3 Å². The number of benzene rings is 3. The van der Waals surface area contributed by atoms with Gasteiger partial charge in [-0.2, -0.15) is 0 Å². The quantitative estimate of drug-likeness (QED) is 0.406. The van der Waals surface area contributed by atoms with Crippen molar-refractivity contribution in [3.05, 3.63) is 90.4 Å². The first-order valence-corrected chi connectivity index (χ1v) is 11.2. The Morgan fingerprint density at radius 1 is 1.06 bits per heavy atom. The van der Waals surface area contributed by atoms with Crippen molar-refractivity contribution >= 4 is 40.0 Å². The Balaban J connectivity index is 1.38. The number of hydrogen-bond acceptors (Lipinski definition) is 5. The van der Waals surface area contributed by atoms with Crippen molar-refractivity contribution in [2.24, 2.45) is 0 Å². The third-order valence-corrected chi connectivity index (χ3v) is 6.21. The normalized spacial score (nSPS) is 13.8. The zero-order valence-electron chi connectivity index (χ0n) is 17.1. The lowest BCUT2D eigenvalue weighted by Gasteiger charge is -2.27. The summed E-state index contributed by atoms with van der Waals surface area (Å²) in [5.74, 6) is -0.260. The number of aromatic nitrogens is 1. The number of rotatable bonds is 4. The van der Waals surface area contributed by atoms with Crippen LogP contribution in [0, 0.1) is 5.82 Å². The van der Waals surface area contributed by atoms with Gasteiger partial charge >= 0.3 is 0 Å². The highest BCUT2D eigenvalue weighted by Crippen LogP contribution is 2.29. The van der Waals surface area contributed by atoms with E-state index >= 15 is 0 Å². The highest BCUT2D eigenvalue weighted by molar-refractivity contribution is 8.00. The smallest absolute Gasteiger partial charge is 0.258 e. The molecule has 0 radical (unpaired) electrons. The Kier molecular flexibility index (Phi) is 5.75. The zero-order chi connectivity index (χ0) is 21.9. The average Bonchev–Trinajstić information content (AvgIpc) is 2.84. The predicted molar refractivity (Wildman–Crippen MR) is 127 cm³/mol. The van der Waals surface area contributed by atoms with E-state index in [1.54, 1.807) is 30.3 Å². The van der Waals surface area contributed by atoms with Crippen molar-refractivity contribution in [2.45, 2.75) is 0 Å². The topological polar surface area (TPSA) is 54.5 Å². The number of carbonyl (C=O) groups is 1. The van der Waals surface area contributed by atoms with E-state index in [0.29, 0.717) is 24.7 Å². The molecule has 0 spiro atoms. The summed E-state index contributed by atoms with van der Waals surface area (Å²) in [6.45, 7) is 1.07. The van der Waals surface area contributed by atoms with E-state index in [4.69, 9.17) is 4.74 Å². The molecule has 1 N–H and O–H groups in total. The molecule has 32 heavy (non-hydrogen) atoms. The number of ether oxygens (including phenoxy) is 1. The van der Waals surface area contributed by atoms with E-state index in [1.165, 1.54) is 12.1 Å². The fraction of sp³-hybridized carbons (Fsp3) is 0.120. The summed E-state index contributed by atoms with van der Waals surface area (Å²) >= 11 is 1.58. The molecule has 1 aliphatic heterocycles. The van der Waals surface area contributed by atoms with E-state index in [9.17, 15) is 9.18 Å². The van der Waals surface area contributed by atoms with Gasteiger partial charge in [0.2, 0.25) is 0 Å². The minimum absolute atomic E-state index is 0.00892. The summed E-state index contributed by atoms with van der Waals surface area (Å²) in [5, 5.41) is 4.92. The van der Waals surface area contributed by atoms with Gasteiger partial charge in [-0.25, -0.2) is 4.39 Å². The third kappa shape index (κ3) is 4.17. The number of fused-ring (bicyclic) bond motifs is 1. The van der Waals surface area contributed by atoms with Crippen molar-refractivity contribution in [1.82, 2.24) is 4.98 Å². The Morgan fingerprint density at radius 3 is 2.81 bits per heavy atom. The molecule has 1 aliphatic rings. The highest BCUT2D eigenvalue weighted by Gasteiger charge is 2.17. The van der Waals surface area contributed by atoms with Gasteiger partial charge in [0.25, 0.3) is 5.91 Å². The van der Waals surface area contributed by atoms with Gasteiger partial charge in [0.1, 0.15) is 12.5 Å². The van der Waals surface area contributed by atoms with Crippen LogP contribution in [0.5, 0.6) is 0 Å². The van der Waals surface area contributed by atoms with E-state index < -0.39 is 11.7 Å². The maximum Gasteiger partial charge on any atom is 0.258 e. The maximum atomic E-state index is 14.7. The lowest BCUT2D eigenvalue weighted by atomic mass is 10.0. The number of amides is 1. The molecule has 0 saturated carbocycles. The molecule has 2 heterocycles. The number of nitrogens with one attached hydrogen (secondary N) is 1. The predicted octanol–water partition coefficient (Wildman–Crippen LogP) is 5.74. The Labute approximate surface area is 189 Å². The Hall–Kier alpha value is -3.42. The molecule has 1 aromatic heterocycles. The maximum absolute atomic E-state index is 14.7. The molecule has 0 bridgehead atoms. The summed E-state index contributed by atoms with van der Waals surface area (Å²) in [4.78, 5) is 17.3. The van der Waals surface area contributed by atoms with Crippen LogP contribution in [0.4, 0.5) is 15.8 Å². The molecule has 5 rings (SSSR count). The summed E-state index contributed by atoms with van der Waals surface area (Å²) in [6.07, 6.45) is 1.77. The molecule has 1 amide bonds.